The summed E-state index contributed by atoms with van der Waals surface area (Å²) in [5.74, 6) is -0.527. The molecule has 0 radical (unpaired) electrons. The second-order valence-electron chi connectivity index (χ2n) is 6.60. The van der Waals surface area contributed by atoms with Gasteiger partial charge in [-0.05, 0) is 61.5 Å². The van der Waals surface area contributed by atoms with E-state index in [-0.39, 0.29) is 6.04 Å². The highest BCUT2D eigenvalue weighted by Gasteiger charge is 2.31. The Morgan fingerprint density at radius 3 is 2.70 bits per heavy atom. The maximum atomic E-state index is 13.6. The minimum absolute atomic E-state index is 0.0469. The summed E-state index contributed by atoms with van der Waals surface area (Å²) in [4.78, 5) is 20.6. The molecule has 124 valence electrons. The number of alkyl halides is 1. The van der Waals surface area contributed by atoms with Crippen LogP contribution in [0.5, 0.6) is 0 Å². The summed E-state index contributed by atoms with van der Waals surface area (Å²) >= 11 is 3.40. The second kappa shape index (κ2) is 6.19. The maximum absolute atomic E-state index is 13.6. The fourth-order valence-electron chi connectivity index (χ4n) is 3.02. The van der Waals surface area contributed by atoms with Gasteiger partial charge >= 0.3 is 0 Å². The molecule has 1 aliphatic rings. The summed E-state index contributed by atoms with van der Waals surface area (Å²) in [5, 5.41) is 2.81. The number of nitrogens with one attached hydrogen (secondary N) is 1. The molecule has 0 bridgehead atoms. The first-order valence-electron chi connectivity index (χ1n) is 7.82. The number of imidazole rings is 1. The number of carbonyl (C=O) groups excluding carboxylic acids is 1. The number of hydrogen-bond donors (Lipinski definition) is 1. The van der Waals surface area contributed by atoms with Crippen molar-refractivity contribution < 1.29 is 9.18 Å². The van der Waals surface area contributed by atoms with Crippen LogP contribution >= 0.6 is 15.9 Å². The van der Waals surface area contributed by atoms with E-state index in [1.807, 2.05) is 12.4 Å². The number of amides is 1. The van der Waals surface area contributed by atoms with E-state index in [1.54, 1.807) is 6.20 Å². The van der Waals surface area contributed by atoms with Crippen LogP contribution < -0.4 is 5.32 Å². The zero-order valence-corrected chi connectivity index (χ0v) is 14.8. The van der Waals surface area contributed by atoms with Gasteiger partial charge in [-0.3, -0.25) is 4.79 Å². The zero-order chi connectivity index (χ0) is 16.6. The molecule has 2 aromatic heterocycles. The minimum Gasteiger partial charge on any atom is -0.351 e. The highest BCUT2D eigenvalue weighted by molar-refractivity contribution is 9.10. The van der Waals surface area contributed by atoms with Crippen LogP contribution in [0.2, 0.25) is 0 Å². The smallest absolute Gasteiger partial charge is 0.257 e. The van der Waals surface area contributed by atoms with Crippen molar-refractivity contribution in [3.63, 3.8) is 0 Å². The van der Waals surface area contributed by atoms with Crippen molar-refractivity contribution in [1.82, 2.24) is 19.9 Å². The summed E-state index contributed by atoms with van der Waals surface area (Å²) in [7, 11) is 0. The van der Waals surface area contributed by atoms with Crippen molar-refractivity contribution in [3.05, 3.63) is 23.1 Å². The standard InChI is InChI=1S/C16H20BrFN4O/c1-16(2,18)15(23)21-11-3-5-12(6-4-11)22-9-20-13-7-10(17)8-19-14(13)22/h7-9,11-12H,3-6H2,1-2H3,(H,21,23). The molecule has 0 aromatic carbocycles. The first-order valence-corrected chi connectivity index (χ1v) is 8.62. The van der Waals surface area contributed by atoms with Crippen molar-refractivity contribution in [3.8, 4) is 0 Å². The van der Waals surface area contributed by atoms with E-state index in [1.165, 1.54) is 13.8 Å². The molecule has 7 heteroatoms. The van der Waals surface area contributed by atoms with Gasteiger partial charge in [0.1, 0.15) is 5.52 Å². The van der Waals surface area contributed by atoms with Crippen molar-refractivity contribution in [2.75, 3.05) is 0 Å². The molecule has 0 unspecified atom stereocenters. The topological polar surface area (TPSA) is 59.8 Å². The quantitative estimate of drug-likeness (QED) is 0.882. The lowest BCUT2D eigenvalue weighted by Crippen LogP contribution is -2.45. The summed E-state index contributed by atoms with van der Waals surface area (Å²) in [6.45, 7) is 2.57. The van der Waals surface area contributed by atoms with Crippen LogP contribution in [-0.4, -0.2) is 32.2 Å². The molecule has 0 saturated heterocycles. The van der Waals surface area contributed by atoms with Crippen molar-refractivity contribution in [2.45, 2.75) is 57.3 Å². The Labute approximate surface area is 142 Å². The van der Waals surface area contributed by atoms with Gasteiger partial charge < -0.3 is 9.88 Å². The highest BCUT2D eigenvalue weighted by atomic mass is 79.9. The minimum atomic E-state index is -1.82. The van der Waals surface area contributed by atoms with E-state index >= 15 is 0 Å². The number of nitrogens with zero attached hydrogens (tertiary/aromatic N) is 3. The Balaban J connectivity index is 1.65. The van der Waals surface area contributed by atoms with Gasteiger partial charge in [0.2, 0.25) is 0 Å². The van der Waals surface area contributed by atoms with Crippen LogP contribution in [0, 0.1) is 0 Å². The van der Waals surface area contributed by atoms with Gasteiger partial charge in [0.05, 0.1) is 6.33 Å². The van der Waals surface area contributed by atoms with Gasteiger partial charge in [-0.15, -0.1) is 0 Å². The molecule has 1 aliphatic carbocycles. The average molecular weight is 383 g/mol. The number of halogens is 2. The van der Waals surface area contributed by atoms with Crippen LogP contribution in [0.15, 0.2) is 23.1 Å². The van der Waals surface area contributed by atoms with Gasteiger partial charge in [0.15, 0.2) is 11.3 Å². The van der Waals surface area contributed by atoms with Crippen LogP contribution in [0.1, 0.15) is 45.6 Å². The molecule has 2 aromatic rings. The van der Waals surface area contributed by atoms with E-state index in [4.69, 9.17) is 0 Å². The van der Waals surface area contributed by atoms with Crippen LogP contribution in [0.4, 0.5) is 4.39 Å². The van der Waals surface area contributed by atoms with E-state index in [9.17, 15) is 9.18 Å². The average Bonchev–Trinajstić information content (AvgIpc) is 2.90. The molecule has 0 spiro atoms. The second-order valence-corrected chi connectivity index (χ2v) is 7.52. The van der Waals surface area contributed by atoms with Gasteiger partial charge in [-0.25, -0.2) is 14.4 Å². The summed E-state index contributed by atoms with van der Waals surface area (Å²) in [6, 6.07) is 2.32. The first-order chi connectivity index (χ1) is 10.8. The maximum Gasteiger partial charge on any atom is 0.257 e. The number of carbonyl (C=O) groups is 1. The van der Waals surface area contributed by atoms with Crippen LogP contribution in [0.3, 0.4) is 0 Å². The molecular formula is C16H20BrFN4O. The molecule has 2 heterocycles. The Kier molecular flexibility index (Phi) is 4.40. The van der Waals surface area contributed by atoms with E-state index in [0.717, 1.165) is 41.3 Å². The number of pyridine rings is 1. The lowest BCUT2D eigenvalue weighted by molar-refractivity contribution is -0.131. The van der Waals surface area contributed by atoms with Crippen molar-refractivity contribution >= 4 is 33.0 Å². The van der Waals surface area contributed by atoms with Crippen molar-refractivity contribution in [2.24, 2.45) is 0 Å². The third kappa shape index (κ3) is 3.54. The molecule has 0 aliphatic heterocycles. The number of rotatable bonds is 3. The highest BCUT2D eigenvalue weighted by Crippen LogP contribution is 2.31. The lowest BCUT2D eigenvalue weighted by Gasteiger charge is -2.31. The van der Waals surface area contributed by atoms with Crippen molar-refractivity contribution in [1.29, 1.82) is 0 Å². The fourth-order valence-corrected chi connectivity index (χ4v) is 3.34. The van der Waals surface area contributed by atoms with Gasteiger partial charge in [-0.2, -0.15) is 0 Å². The Bertz CT molecular complexity index is 716. The zero-order valence-electron chi connectivity index (χ0n) is 13.2. The SMILES string of the molecule is CC(C)(F)C(=O)NC1CCC(n2cnc3cc(Br)cnc32)CC1. The molecule has 0 atom stereocenters. The summed E-state index contributed by atoms with van der Waals surface area (Å²) < 4.78 is 16.6. The number of aromatic nitrogens is 3. The first kappa shape index (κ1) is 16.4. The normalized spacial score (nSPS) is 22.3. The van der Waals surface area contributed by atoms with Crippen LogP contribution in [0.25, 0.3) is 11.2 Å². The fraction of sp³-hybridized carbons (Fsp3) is 0.562. The Hall–Kier alpha value is -1.50. The van der Waals surface area contributed by atoms with E-state index < -0.39 is 11.6 Å². The van der Waals surface area contributed by atoms with Crippen LogP contribution in [-0.2, 0) is 4.79 Å². The monoisotopic (exact) mass is 382 g/mol. The van der Waals surface area contributed by atoms with E-state index in [0.29, 0.717) is 6.04 Å². The predicted molar refractivity (Wildman–Crippen MR) is 89.9 cm³/mol. The molecule has 1 fully saturated rings. The molecular weight excluding hydrogens is 363 g/mol. The van der Waals surface area contributed by atoms with E-state index in [2.05, 4.69) is 35.8 Å². The van der Waals surface area contributed by atoms with Gasteiger partial charge in [-0.1, -0.05) is 0 Å². The summed E-state index contributed by atoms with van der Waals surface area (Å²) in [5.41, 5.74) is -0.0751. The van der Waals surface area contributed by atoms with Gasteiger partial charge in [0.25, 0.3) is 5.91 Å². The lowest BCUT2D eigenvalue weighted by atomic mass is 9.90. The largest absolute Gasteiger partial charge is 0.351 e. The Morgan fingerprint density at radius 1 is 1.35 bits per heavy atom. The number of fused-ring (bicyclic) bond motifs is 1. The molecule has 23 heavy (non-hydrogen) atoms. The predicted octanol–water partition coefficient (Wildman–Crippen LogP) is 3.54. The molecule has 1 amide bonds. The molecule has 1 N–H and O–H groups in total. The molecule has 1 saturated carbocycles. The summed E-state index contributed by atoms with van der Waals surface area (Å²) in [6.07, 6.45) is 7.11. The number of hydrogen-bond acceptors (Lipinski definition) is 3. The molecule has 5 nitrogen and oxygen atoms in total. The van der Waals surface area contributed by atoms with Gasteiger partial charge in [0, 0.05) is 22.8 Å². The third-order valence-corrected chi connectivity index (χ3v) is 4.78. The third-order valence-electron chi connectivity index (χ3n) is 4.34. The molecule has 3 rings (SSSR count). The Morgan fingerprint density at radius 2 is 2.04 bits per heavy atom.